The fourth-order valence-electron chi connectivity index (χ4n) is 1.53. The van der Waals surface area contributed by atoms with Gasteiger partial charge in [-0.2, -0.15) is 4.37 Å². The average molecular weight is 266 g/mol. The van der Waals surface area contributed by atoms with E-state index in [0.29, 0.717) is 5.82 Å². The molecule has 4 nitrogen and oxygen atoms in total. The van der Waals surface area contributed by atoms with Gasteiger partial charge in [-0.05, 0) is 29.9 Å². The van der Waals surface area contributed by atoms with Gasteiger partial charge in [-0.3, -0.25) is 4.98 Å². The number of aromatic nitrogens is 2. The van der Waals surface area contributed by atoms with Crippen LogP contribution in [0, 0.1) is 0 Å². The van der Waals surface area contributed by atoms with E-state index in [1.165, 1.54) is 11.5 Å². The second-order valence-electron chi connectivity index (χ2n) is 3.58. The summed E-state index contributed by atoms with van der Waals surface area (Å²) in [5.74, 6) is 0.616. The van der Waals surface area contributed by atoms with Gasteiger partial charge in [0.15, 0.2) is 5.82 Å². The van der Waals surface area contributed by atoms with Crippen LogP contribution in [0.2, 0.25) is 0 Å². The maximum atomic E-state index is 5.82. The monoisotopic (exact) mass is 266 g/mol. The van der Waals surface area contributed by atoms with Crippen molar-refractivity contribution in [2.24, 2.45) is 0 Å². The second kappa shape index (κ2) is 5.37. The van der Waals surface area contributed by atoms with E-state index in [9.17, 15) is 0 Å². The molecule has 2 aromatic heterocycles. The summed E-state index contributed by atoms with van der Waals surface area (Å²) in [5.41, 5.74) is 6.86. The number of rotatable bonds is 4. The maximum absolute atomic E-state index is 5.82. The predicted molar refractivity (Wildman–Crippen MR) is 74.7 cm³/mol. The molecule has 0 spiro atoms. The summed E-state index contributed by atoms with van der Waals surface area (Å²) >= 11 is 3.06. The van der Waals surface area contributed by atoms with Gasteiger partial charge in [-0.15, -0.1) is 11.8 Å². The standard InChI is InChI=1S/C11H14N4S2/c1-15(7-8-5-3-4-6-13-8)11-9(16-2)10(12)14-17-11/h3-6H,7H2,1-2H3,(H2,12,14). The highest BCUT2D eigenvalue weighted by Crippen LogP contribution is 2.37. The van der Waals surface area contributed by atoms with E-state index < -0.39 is 0 Å². The minimum absolute atomic E-state index is 0.616. The van der Waals surface area contributed by atoms with Gasteiger partial charge in [0.1, 0.15) is 5.00 Å². The van der Waals surface area contributed by atoms with E-state index in [1.807, 2.05) is 31.5 Å². The summed E-state index contributed by atoms with van der Waals surface area (Å²) in [6, 6.07) is 5.92. The predicted octanol–water partition coefficient (Wildman–Crippen LogP) is 2.48. The Hall–Kier alpha value is -1.27. The Morgan fingerprint density at radius 1 is 1.47 bits per heavy atom. The molecule has 0 saturated heterocycles. The number of nitrogen functional groups attached to an aromatic ring is 1. The van der Waals surface area contributed by atoms with Gasteiger partial charge in [0, 0.05) is 13.2 Å². The molecule has 2 rings (SSSR count). The third-order valence-corrected chi connectivity index (χ3v) is 4.25. The molecule has 0 amide bonds. The summed E-state index contributed by atoms with van der Waals surface area (Å²) < 4.78 is 4.19. The third kappa shape index (κ3) is 2.70. The van der Waals surface area contributed by atoms with Gasteiger partial charge in [-0.1, -0.05) is 6.07 Å². The van der Waals surface area contributed by atoms with Crippen molar-refractivity contribution < 1.29 is 0 Å². The van der Waals surface area contributed by atoms with E-state index >= 15 is 0 Å². The number of pyridine rings is 1. The molecule has 0 aliphatic carbocycles. The lowest BCUT2D eigenvalue weighted by molar-refractivity contribution is 0.886. The van der Waals surface area contributed by atoms with Crippen LogP contribution in [0.1, 0.15) is 5.69 Å². The minimum atomic E-state index is 0.616. The van der Waals surface area contributed by atoms with Gasteiger partial charge >= 0.3 is 0 Å². The van der Waals surface area contributed by atoms with E-state index in [-0.39, 0.29) is 0 Å². The first-order chi connectivity index (χ1) is 8.22. The molecule has 0 radical (unpaired) electrons. The van der Waals surface area contributed by atoms with Crippen LogP contribution in [-0.2, 0) is 6.54 Å². The van der Waals surface area contributed by atoms with Crippen LogP contribution < -0.4 is 10.6 Å². The summed E-state index contributed by atoms with van der Waals surface area (Å²) in [4.78, 5) is 7.49. The van der Waals surface area contributed by atoms with Crippen LogP contribution in [0.25, 0.3) is 0 Å². The molecular formula is C11H14N4S2. The number of nitrogens with zero attached hydrogens (tertiary/aromatic N) is 3. The summed E-state index contributed by atoms with van der Waals surface area (Å²) in [6.07, 6.45) is 3.82. The Bertz CT molecular complexity index is 483. The topological polar surface area (TPSA) is 55.0 Å². The molecule has 2 heterocycles. The normalized spacial score (nSPS) is 10.5. The zero-order valence-corrected chi connectivity index (χ0v) is 11.4. The Morgan fingerprint density at radius 3 is 2.94 bits per heavy atom. The lowest BCUT2D eigenvalue weighted by atomic mass is 10.3. The highest BCUT2D eigenvalue weighted by atomic mass is 32.2. The highest BCUT2D eigenvalue weighted by Gasteiger charge is 2.14. The SMILES string of the molecule is CSc1c(N)nsc1N(C)Cc1ccccn1. The first kappa shape index (κ1) is 12.2. The lowest BCUT2D eigenvalue weighted by Gasteiger charge is -2.17. The Balaban J connectivity index is 2.17. The molecule has 0 aromatic carbocycles. The number of hydrogen-bond acceptors (Lipinski definition) is 6. The van der Waals surface area contributed by atoms with Gasteiger partial charge in [0.05, 0.1) is 17.1 Å². The maximum Gasteiger partial charge on any atom is 0.153 e. The number of nitrogens with two attached hydrogens (primary N) is 1. The van der Waals surface area contributed by atoms with Crippen LogP contribution in [0.15, 0.2) is 29.3 Å². The van der Waals surface area contributed by atoms with E-state index in [2.05, 4.69) is 14.3 Å². The van der Waals surface area contributed by atoms with E-state index in [1.54, 1.807) is 18.0 Å². The Labute approximate surface area is 109 Å². The lowest BCUT2D eigenvalue weighted by Crippen LogP contribution is -2.16. The van der Waals surface area contributed by atoms with Crippen molar-refractivity contribution in [2.75, 3.05) is 23.9 Å². The molecule has 90 valence electrons. The van der Waals surface area contributed by atoms with Crippen LogP contribution in [-0.4, -0.2) is 22.7 Å². The minimum Gasteiger partial charge on any atom is -0.382 e. The number of hydrogen-bond donors (Lipinski definition) is 1. The quantitative estimate of drug-likeness (QED) is 0.862. The van der Waals surface area contributed by atoms with Crippen molar-refractivity contribution >= 4 is 34.1 Å². The fourth-order valence-corrected chi connectivity index (χ4v) is 3.20. The van der Waals surface area contributed by atoms with Crippen molar-refractivity contribution in [3.05, 3.63) is 30.1 Å². The number of anilines is 2. The number of thioether (sulfide) groups is 1. The van der Waals surface area contributed by atoms with Gasteiger partial charge in [0.25, 0.3) is 0 Å². The molecular weight excluding hydrogens is 252 g/mol. The molecule has 2 N–H and O–H groups in total. The fraction of sp³-hybridized carbons (Fsp3) is 0.273. The molecule has 0 aliphatic rings. The summed E-state index contributed by atoms with van der Waals surface area (Å²) in [6.45, 7) is 0.760. The van der Waals surface area contributed by atoms with Crippen molar-refractivity contribution in [2.45, 2.75) is 11.4 Å². The van der Waals surface area contributed by atoms with Gasteiger partial charge in [-0.25, -0.2) is 0 Å². The molecule has 0 bridgehead atoms. The van der Waals surface area contributed by atoms with Crippen molar-refractivity contribution in [3.8, 4) is 0 Å². The molecule has 0 aliphatic heterocycles. The van der Waals surface area contributed by atoms with Crippen molar-refractivity contribution in [3.63, 3.8) is 0 Å². The first-order valence-electron chi connectivity index (χ1n) is 5.12. The van der Waals surface area contributed by atoms with Crippen molar-refractivity contribution in [1.82, 2.24) is 9.36 Å². The first-order valence-corrected chi connectivity index (χ1v) is 7.12. The van der Waals surface area contributed by atoms with Gasteiger partial charge < -0.3 is 10.6 Å². The van der Waals surface area contributed by atoms with Crippen LogP contribution in [0.5, 0.6) is 0 Å². The zero-order chi connectivity index (χ0) is 12.3. The van der Waals surface area contributed by atoms with E-state index in [4.69, 9.17) is 5.73 Å². The second-order valence-corrected chi connectivity index (χ2v) is 5.15. The molecule has 0 unspecified atom stereocenters. The Morgan fingerprint density at radius 2 is 2.29 bits per heavy atom. The average Bonchev–Trinajstić information content (AvgIpc) is 2.71. The third-order valence-electron chi connectivity index (χ3n) is 2.33. The summed E-state index contributed by atoms with van der Waals surface area (Å²) in [5, 5.41) is 1.10. The summed E-state index contributed by atoms with van der Waals surface area (Å²) in [7, 11) is 2.03. The molecule has 17 heavy (non-hydrogen) atoms. The largest absolute Gasteiger partial charge is 0.382 e. The van der Waals surface area contributed by atoms with Gasteiger partial charge in [0.2, 0.25) is 0 Å². The van der Waals surface area contributed by atoms with Crippen LogP contribution in [0.3, 0.4) is 0 Å². The zero-order valence-electron chi connectivity index (χ0n) is 9.75. The molecule has 0 atom stereocenters. The molecule has 6 heteroatoms. The van der Waals surface area contributed by atoms with Crippen LogP contribution in [0.4, 0.5) is 10.8 Å². The highest BCUT2D eigenvalue weighted by molar-refractivity contribution is 7.99. The van der Waals surface area contributed by atoms with Crippen molar-refractivity contribution in [1.29, 1.82) is 0 Å². The van der Waals surface area contributed by atoms with E-state index in [0.717, 1.165) is 22.1 Å². The van der Waals surface area contributed by atoms with Crippen LogP contribution >= 0.6 is 23.3 Å². The molecule has 0 fully saturated rings. The Kier molecular flexibility index (Phi) is 3.86. The smallest absolute Gasteiger partial charge is 0.153 e. The molecule has 0 saturated carbocycles. The molecule has 2 aromatic rings.